The minimum absolute atomic E-state index is 0.00483. The summed E-state index contributed by atoms with van der Waals surface area (Å²) in [6.45, 7) is 1.36. The number of piperidine rings is 1. The summed E-state index contributed by atoms with van der Waals surface area (Å²) < 4.78 is 7.38. The van der Waals surface area contributed by atoms with Gasteiger partial charge >= 0.3 is 0 Å². The van der Waals surface area contributed by atoms with Crippen LogP contribution in [0.1, 0.15) is 48.4 Å². The van der Waals surface area contributed by atoms with Crippen molar-refractivity contribution in [2.75, 3.05) is 13.1 Å². The van der Waals surface area contributed by atoms with E-state index >= 15 is 0 Å². The summed E-state index contributed by atoms with van der Waals surface area (Å²) in [5.74, 6) is 2.01. The van der Waals surface area contributed by atoms with E-state index in [0.717, 1.165) is 36.6 Å². The lowest BCUT2D eigenvalue weighted by Gasteiger charge is -2.39. The summed E-state index contributed by atoms with van der Waals surface area (Å²) in [5, 5.41) is 4.37. The molecule has 1 saturated heterocycles. The van der Waals surface area contributed by atoms with E-state index in [1.807, 2.05) is 24.1 Å². The highest BCUT2D eigenvalue weighted by molar-refractivity contribution is 5.92. The molecule has 0 N–H and O–H groups in total. The second kappa shape index (κ2) is 7.09. The van der Waals surface area contributed by atoms with Gasteiger partial charge < -0.3 is 14.0 Å². The molecule has 1 aliphatic heterocycles. The normalized spacial score (nSPS) is 18.7. The zero-order valence-electron chi connectivity index (χ0n) is 16.5. The minimum atomic E-state index is -0.133. The van der Waals surface area contributed by atoms with E-state index in [1.165, 1.54) is 12.8 Å². The summed E-state index contributed by atoms with van der Waals surface area (Å²) in [4.78, 5) is 27.8. The highest BCUT2D eigenvalue weighted by atomic mass is 16.5. The number of imidazole rings is 1. The zero-order valence-corrected chi connectivity index (χ0v) is 16.5. The number of hydrogen-bond acceptors (Lipinski definition) is 6. The number of nitrogens with zero attached hydrogens (tertiary/aromatic N) is 6. The van der Waals surface area contributed by atoms with Crippen molar-refractivity contribution in [3.8, 4) is 11.5 Å². The van der Waals surface area contributed by atoms with Gasteiger partial charge in [0.1, 0.15) is 5.69 Å². The summed E-state index contributed by atoms with van der Waals surface area (Å²) in [7, 11) is 1.87. The van der Waals surface area contributed by atoms with Crippen LogP contribution in [0.3, 0.4) is 0 Å². The molecule has 0 unspecified atom stereocenters. The fraction of sp³-hybridized carbons (Fsp3) is 0.476. The molecule has 1 saturated carbocycles. The van der Waals surface area contributed by atoms with Gasteiger partial charge in [0.25, 0.3) is 11.8 Å². The average molecular weight is 392 g/mol. The van der Waals surface area contributed by atoms with Crippen molar-refractivity contribution in [3.05, 3.63) is 48.6 Å². The molecule has 3 aromatic heterocycles. The number of carbonyl (C=O) groups is 1. The van der Waals surface area contributed by atoms with E-state index in [9.17, 15) is 4.79 Å². The highest BCUT2D eigenvalue weighted by Gasteiger charge is 2.45. The second-order valence-electron chi connectivity index (χ2n) is 8.31. The molecule has 0 atom stereocenters. The average Bonchev–Trinajstić information content (AvgIpc) is 3.24. The molecule has 1 amide bonds. The van der Waals surface area contributed by atoms with Gasteiger partial charge in [0.05, 0.1) is 11.9 Å². The molecule has 8 heteroatoms. The summed E-state index contributed by atoms with van der Waals surface area (Å²) in [5.41, 5.74) is 1.20. The molecule has 150 valence electrons. The van der Waals surface area contributed by atoms with Crippen molar-refractivity contribution in [1.82, 2.24) is 29.6 Å². The molecule has 8 nitrogen and oxygen atoms in total. The Bertz CT molecular complexity index is 999. The van der Waals surface area contributed by atoms with E-state index in [0.29, 0.717) is 24.7 Å². The maximum absolute atomic E-state index is 12.8. The van der Waals surface area contributed by atoms with Gasteiger partial charge in [-0.3, -0.25) is 9.78 Å². The molecule has 5 rings (SSSR count). The SMILES string of the molecule is Cn1cnc(C(=O)N2CCC(CC3CC3)(c3noc(-c4cccnc4)n3)CC2)c1. The number of carbonyl (C=O) groups excluding carboxylic acids is 1. The molecule has 1 aliphatic carbocycles. The van der Waals surface area contributed by atoms with Crippen LogP contribution in [0.2, 0.25) is 0 Å². The lowest BCUT2D eigenvalue weighted by molar-refractivity contribution is 0.0640. The number of amides is 1. The predicted octanol–water partition coefficient (Wildman–Crippen LogP) is 2.84. The van der Waals surface area contributed by atoms with Gasteiger partial charge in [0, 0.05) is 44.1 Å². The van der Waals surface area contributed by atoms with Gasteiger partial charge in [0.15, 0.2) is 5.82 Å². The molecule has 3 aromatic rings. The van der Waals surface area contributed by atoms with Crippen LogP contribution in [0.15, 0.2) is 41.6 Å². The first-order valence-corrected chi connectivity index (χ1v) is 10.1. The molecule has 29 heavy (non-hydrogen) atoms. The first kappa shape index (κ1) is 18.0. The molecule has 0 radical (unpaired) electrons. The van der Waals surface area contributed by atoms with Crippen molar-refractivity contribution in [2.45, 2.75) is 37.5 Å². The Morgan fingerprint density at radius 1 is 1.31 bits per heavy atom. The van der Waals surface area contributed by atoms with Crippen molar-refractivity contribution in [2.24, 2.45) is 13.0 Å². The Morgan fingerprint density at radius 3 is 2.79 bits per heavy atom. The van der Waals surface area contributed by atoms with Crippen LogP contribution < -0.4 is 0 Å². The summed E-state index contributed by atoms with van der Waals surface area (Å²) in [6.07, 6.45) is 12.2. The molecule has 0 bridgehead atoms. The number of pyridine rings is 1. The largest absolute Gasteiger partial charge is 0.340 e. The van der Waals surface area contributed by atoms with E-state index < -0.39 is 0 Å². The Hall–Kier alpha value is -3.03. The second-order valence-corrected chi connectivity index (χ2v) is 8.31. The van der Waals surface area contributed by atoms with Crippen molar-refractivity contribution < 1.29 is 9.32 Å². The van der Waals surface area contributed by atoms with Gasteiger partial charge in [-0.05, 0) is 37.3 Å². The third-order valence-corrected chi connectivity index (χ3v) is 6.12. The minimum Gasteiger partial charge on any atom is -0.340 e. The number of rotatable bonds is 5. The van der Waals surface area contributed by atoms with Crippen LogP contribution in [-0.4, -0.2) is 48.6 Å². The Balaban J connectivity index is 1.36. The summed E-state index contributed by atoms with van der Waals surface area (Å²) >= 11 is 0. The van der Waals surface area contributed by atoms with E-state index in [2.05, 4.69) is 15.1 Å². The van der Waals surface area contributed by atoms with Crippen LogP contribution in [0.5, 0.6) is 0 Å². The molecular weight excluding hydrogens is 368 g/mol. The van der Waals surface area contributed by atoms with Crippen molar-refractivity contribution in [3.63, 3.8) is 0 Å². The lowest BCUT2D eigenvalue weighted by Crippen LogP contribution is -2.46. The van der Waals surface area contributed by atoms with Crippen LogP contribution in [-0.2, 0) is 12.5 Å². The first-order chi connectivity index (χ1) is 14.1. The van der Waals surface area contributed by atoms with Crippen LogP contribution >= 0.6 is 0 Å². The van der Waals surface area contributed by atoms with Crippen molar-refractivity contribution in [1.29, 1.82) is 0 Å². The number of aromatic nitrogens is 5. The fourth-order valence-corrected chi connectivity index (χ4v) is 4.26. The fourth-order valence-electron chi connectivity index (χ4n) is 4.26. The Labute approximate surface area is 169 Å². The highest BCUT2D eigenvalue weighted by Crippen LogP contribution is 2.46. The number of aryl methyl sites for hydroxylation is 1. The van der Waals surface area contributed by atoms with Crippen LogP contribution in [0.25, 0.3) is 11.5 Å². The van der Waals surface area contributed by atoms with Gasteiger partial charge in [-0.15, -0.1) is 0 Å². The van der Waals surface area contributed by atoms with Gasteiger partial charge in [0.2, 0.25) is 0 Å². The molecule has 4 heterocycles. The maximum atomic E-state index is 12.8. The molecular formula is C21H24N6O2. The first-order valence-electron chi connectivity index (χ1n) is 10.1. The number of hydrogen-bond donors (Lipinski definition) is 0. The smallest absolute Gasteiger partial charge is 0.274 e. The van der Waals surface area contributed by atoms with Gasteiger partial charge in [-0.1, -0.05) is 18.0 Å². The third-order valence-electron chi connectivity index (χ3n) is 6.12. The topological polar surface area (TPSA) is 89.9 Å². The monoisotopic (exact) mass is 392 g/mol. The molecule has 2 fully saturated rings. The van der Waals surface area contributed by atoms with Crippen LogP contribution in [0, 0.1) is 5.92 Å². The predicted molar refractivity (Wildman–Crippen MR) is 105 cm³/mol. The van der Waals surface area contributed by atoms with E-state index in [4.69, 9.17) is 9.51 Å². The standard InChI is InChI=1S/C21H24N6O2/c1-26-13-17(23-14-26)19(28)27-9-6-21(7-10-27,11-15-4-5-15)20-24-18(29-25-20)16-3-2-8-22-12-16/h2-3,8,12-15H,4-7,9-11H2,1H3. The van der Waals surface area contributed by atoms with Crippen molar-refractivity contribution >= 4 is 5.91 Å². The van der Waals surface area contributed by atoms with Gasteiger partial charge in [-0.2, -0.15) is 4.98 Å². The number of likely N-dealkylation sites (tertiary alicyclic amines) is 1. The molecule has 2 aliphatic rings. The van der Waals surface area contributed by atoms with Gasteiger partial charge in [-0.25, -0.2) is 4.98 Å². The van der Waals surface area contributed by atoms with E-state index in [1.54, 1.807) is 29.5 Å². The summed E-state index contributed by atoms with van der Waals surface area (Å²) in [6, 6.07) is 3.78. The Kier molecular flexibility index (Phi) is 4.41. The Morgan fingerprint density at radius 2 is 2.14 bits per heavy atom. The van der Waals surface area contributed by atoms with Crippen LogP contribution in [0.4, 0.5) is 0 Å². The lowest BCUT2D eigenvalue weighted by atomic mass is 9.73. The molecule has 0 spiro atoms. The zero-order chi connectivity index (χ0) is 19.8. The maximum Gasteiger partial charge on any atom is 0.274 e. The molecule has 0 aromatic carbocycles. The quantitative estimate of drug-likeness (QED) is 0.663. The third kappa shape index (κ3) is 3.54. The van der Waals surface area contributed by atoms with E-state index in [-0.39, 0.29) is 11.3 Å².